The Kier molecular flexibility index (Phi) is 2.82. The van der Waals surface area contributed by atoms with E-state index in [1.165, 1.54) is 11.1 Å². The molecule has 15 heavy (non-hydrogen) atoms. The molecule has 1 aromatic carbocycles. The van der Waals surface area contributed by atoms with Crippen molar-refractivity contribution in [2.75, 3.05) is 21.3 Å². The van der Waals surface area contributed by atoms with E-state index in [1.807, 2.05) is 7.05 Å². The highest BCUT2D eigenvalue weighted by atomic mass is 16.5. The molecular formula is C12H17NO2. The van der Waals surface area contributed by atoms with Crippen LogP contribution in [0.25, 0.3) is 0 Å². The van der Waals surface area contributed by atoms with Crippen molar-refractivity contribution in [2.24, 2.45) is 0 Å². The number of fused-ring (bicyclic) bond motifs is 1. The maximum atomic E-state index is 5.30. The van der Waals surface area contributed by atoms with Crippen LogP contribution in [0.4, 0.5) is 0 Å². The zero-order valence-electron chi connectivity index (χ0n) is 9.46. The van der Waals surface area contributed by atoms with Crippen LogP contribution in [0.3, 0.4) is 0 Å². The summed E-state index contributed by atoms with van der Waals surface area (Å²) in [5.41, 5.74) is 2.71. The van der Waals surface area contributed by atoms with Gasteiger partial charge in [-0.2, -0.15) is 0 Å². The van der Waals surface area contributed by atoms with Crippen LogP contribution < -0.4 is 14.8 Å². The Balaban J connectivity index is 2.44. The molecule has 1 N–H and O–H groups in total. The molecule has 3 nitrogen and oxygen atoms in total. The molecule has 0 heterocycles. The van der Waals surface area contributed by atoms with Gasteiger partial charge in [0.1, 0.15) is 0 Å². The summed E-state index contributed by atoms with van der Waals surface area (Å²) in [7, 11) is 5.35. The van der Waals surface area contributed by atoms with Gasteiger partial charge in [0, 0.05) is 6.04 Å². The molecule has 1 aliphatic carbocycles. The van der Waals surface area contributed by atoms with Crippen molar-refractivity contribution >= 4 is 0 Å². The lowest BCUT2D eigenvalue weighted by Crippen LogP contribution is -2.12. The van der Waals surface area contributed by atoms with Crippen molar-refractivity contribution in [3.63, 3.8) is 0 Å². The average molecular weight is 207 g/mol. The molecule has 0 fully saturated rings. The fourth-order valence-corrected chi connectivity index (χ4v) is 2.23. The van der Waals surface area contributed by atoms with E-state index in [-0.39, 0.29) is 0 Å². The maximum absolute atomic E-state index is 5.30. The monoisotopic (exact) mass is 207 g/mol. The molecule has 0 spiro atoms. The minimum atomic E-state index is 0.458. The van der Waals surface area contributed by atoms with Crippen LogP contribution in [0, 0.1) is 0 Å². The van der Waals surface area contributed by atoms with Gasteiger partial charge < -0.3 is 14.8 Å². The number of aryl methyl sites for hydroxylation is 1. The van der Waals surface area contributed by atoms with Gasteiger partial charge in [-0.25, -0.2) is 0 Å². The van der Waals surface area contributed by atoms with E-state index < -0.39 is 0 Å². The second-order valence-corrected chi connectivity index (χ2v) is 3.79. The van der Waals surface area contributed by atoms with Gasteiger partial charge in [0.05, 0.1) is 14.2 Å². The summed E-state index contributed by atoms with van der Waals surface area (Å²) in [4.78, 5) is 0. The summed E-state index contributed by atoms with van der Waals surface area (Å²) >= 11 is 0. The van der Waals surface area contributed by atoms with E-state index in [4.69, 9.17) is 9.47 Å². The Morgan fingerprint density at radius 2 is 1.87 bits per heavy atom. The quantitative estimate of drug-likeness (QED) is 0.821. The third-order valence-corrected chi connectivity index (χ3v) is 3.07. The SMILES string of the molecule is CNC1CCc2cc(OC)c(OC)cc21. The van der Waals surface area contributed by atoms with Crippen LogP contribution in [0.2, 0.25) is 0 Å². The van der Waals surface area contributed by atoms with Crippen molar-refractivity contribution < 1.29 is 9.47 Å². The first kappa shape index (κ1) is 10.3. The molecular weight excluding hydrogens is 190 g/mol. The van der Waals surface area contributed by atoms with Gasteiger partial charge >= 0.3 is 0 Å². The Morgan fingerprint density at radius 1 is 1.20 bits per heavy atom. The third kappa shape index (κ3) is 1.67. The van der Waals surface area contributed by atoms with Gasteiger partial charge in [0.15, 0.2) is 11.5 Å². The first-order chi connectivity index (χ1) is 7.30. The molecule has 2 rings (SSSR count). The lowest BCUT2D eigenvalue weighted by atomic mass is 10.1. The number of ether oxygens (including phenoxy) is 2. The van der Waals surface area contributed by atoms with E-state index in [0.717, 1.165) is 24.3 Å². The van der Waals surface area contributed by atoms with Gasteiger partial charge in [0.25, 0.3) is 0 Å². The number of methoxy groups -OCH3 is 2. The molecule has 0 amide bonds. The van der Waals surface area contributed by atoms with Gasteiger partial charge in [0.2, 0.25) is 0 Å². The van der Waals surface area contributed by atoms with E-state index in [0.29, 0.717) is 6.04 Å². The highest BCUT2D eigenvalue weighted by Crippen LogP contribution is 2.38. The molecule has 0 radical (unpaired) electrons. The minimum Gasteiger partial charge on any atom is -0.493 e. The lowest BCUT2D eigenvalue weighted by Gasteiger charge is -2.13. The van der Waals surface area contributed by atoms with Crippen molar-refractivity contribution in [3.8, 4) is 11.5 Å². The van der Waals surface area contributed by atoms with Gasteiger partial charge in [-0.3, -0.25) is 0 Å². The second kappa shape index (κ2) is 4.11. The molecule has 0 saturated carbocycles. The molecule has 0 saturated heterocycles. The zero-order valence-corrected chi connectivity index (χ0v) is 9.46. The highest BCUT2D eigenvalue weighted by Gasteiger charge is 2.23. The average Bonchev–Trinajstić information content (AvgIpc) is 2.68. The molecule has 1 atom stereocenters. The largest absolute Gasteiger partial charge is 0.493 e. The predicted octanol–water partition coefficient (Wildman–Crippen LogP) is 1.91. The molecule has 1 aliphatic rings. The zero-order chi connectivity index (χ0) is 10.8. The first-order valence-electron chi connectivity index (χ1n) is 5.22. The van der Waals surface area contributed by atoms with Crippen LogP contribution in [0.5, 0.6) is 11.5 Å². The Hall–Kier alpha value is -1.22. The molecule has 3 heteroatoms. The van der Waals surface area contributed by atoms with Crippen LogP contribution in [0.15, 0.2) is 12.1 Å². The molecule has 0 aliphatic heterocycles. The number of rotatable bonds is 3. The molecule has 0 bridgehead atoms. The smallest absolute Gasteiger partial charge is 0.161 e. The van der Waals surface area contributed by atoms with Crippen LogP contribution in [-0.4, -0.2) is 21.3 Å². The summed E-state index contributed by atoms with van der Waals surface area (Å²) in [6.07, 6.45) is 2.27. The Morgan fingerprint density at radius 3 is 2.47 bits per heavy atom. The molecule has 1 unspecified atom stereocenters. The molecule has 1 aromatic rings. The summed E-state index contributed by atoms with van der Waals surface area (Å²) < 4.78 is 10.6. The fraction of sp³-hybridized carbons (Fsp3) is 0.500. The third-order valence-electron chi connectivity index (χ3n) is 3.07. The number of hydrogen-bond acceptors (Lipinski definition) is 3. The summed E-state index contributed by atoms with van der Waals surface area (Å²) in [5, 5.41) is 3.31. The van der Waals surface area contributed by atoms with Gasteiger partial charge in [-0.1, -0.05) is 0 Å². The van der Waals surface area contributed by atoms with E-state index in [9.17, 15) is 0 Å². The predicted molar refractivity (Wildman–Crippen MR) is 59.7 cm³/mol. The van der Waals surface area contributed by atoms with Crippen molar-refractivity contribution in [1.82, 2.24) is 5.32 Å². The standard InChI is InChI=1S/C12H17NO2/c1-13-10-5-4-8-6-11(14-2)12(15-3)7-9(8)10/h6-7,10,13H,4-5H2,1-3H3. The number of hydrogen-bond donors (Lipinski definition) is 1. The van der Waals surface area contributed by atoms with Gasteiger partial charge in [-0.05, 0) is 43.1 Å². The summed E-state index contributed by atoms with van der Waals surface area (Å²) in [5.74, 6) is 1.64. The van der Waals surface area contributed by atoms with Crippen LogP contribution in [-0.2, 0) is 6.42 Å². The Labute approximate surface area is 90.4 Å². The Bertz CT molecular complexity index is 363. The van der Waals surface area contributed by atoms with Crippen molar-refractivity contribution in [1.29, 1.82) is 0 Å². The van der Waals surface area contributed by atoms with Crippen LogP contribution >= 0.6 is 0 Å². The topological polar surface area (TPSA) is 30.5 Å². The second-order valence-electron chi connectivity index (χ2n) is 3.79. The number of benzene rings is 1. The summed E-state index contributed by atoms with van der Waals surface area (Å²) in [6.45, 7) is 0. The van der Waals surface area contributed by atoms with Crippen molar-refractivity contribution in [3.05, 3.63) is 23.3 Å². The number of nitrogens with one attached hydrogen (secondary N) is 1. The van der Waals surface area contributed by atoms with Crippen LogP contribution in [0.1, 0.15) is 23.6 Å². The normalized spacial score (nSPS) is 18.7. The molecule has 0 aromatic heterocycles. The molecule has 82 valence electrons. The van der Waals surface area contributed by atoms with E-state index in [2.05, 4.69) is 17.4 Å². The minimum absolute atomic E-state index is 0.458. The first-order valence-corrected chi connectivity index (χ1v) is 5.22. The fourth-order valence-electron chi connectivity index (χ4n) is 2.23. The maximum Gasteiger partial charge on any atom is 0.161 e. The van der Waals surface area contributed by atoms with Gasteiger partial charge in [-0.15, -0.1) is 0 Å². The van der Waals surface area contributed by atoms with Crippen molar-refractivity contribution in [2.45, 2.75) is 18.9 Å². The summed E-state index contributed by atoms with van der Waals surface area (Å²) in [6, 6.07) is 4.63. The lowest BCUT2D eigenvalue weighted by molar-refractivity contribution is 0.354. The van der Waals surface area contributed by atoms with E-state index in [1.54, 1.807) is 14.2 Å². The highest BCUT2D eigenvalue weighted by molar-refractivity contribution is 5.50. The van der Waals surface area contributed by atoms with E-state index >= 15 is 0 Å².